The number of nitrogen functional groups attached to an aromatic ring is 1. The third-order valence-corrected chi connectivity index (χ3v) is 4.80. The Labute approximate surface area is 133 Å². The third-order valence-electron chi connectivity index (χ3n) is 3.68. The molecule has 0 unspecified atom stereocenters. The first-order chi connectivity index (χ1) is 10.5. The number of aromatic amines is 1. The van der Waals surface area contributed by atoms with Gasteiger partial charge in [-0.1, -0.05) is 24.6 Å². The summed E-state index contributed by atoms with van der Waals surface area (Å²) in [6.07, 6.45) is 4.38. The number of rotatable bonds is 4. The minimum absolute atomic E-state index is 0.0443. The summed E-state index contributed by atoms with van der Waals surface area (Å²) >= 11 is 1.24. The van der Waals surface area contributed by atoms with E-state index in [2.05, 4.69) is 10.3 Å². The van der Waals surface area contributed by atoms with Crippen LogP contribution in [-0.2, 0) is 4.79 Å². The van der Waals surface area contributed by atoms with Crippen molar-refractivity contribution in [3.63, 3.8) is 0 Å². The molecule has 7 heteroatoms. The van der Waals surface area contributed by atoms with E-state index in [0.717, 1.165) is 25.7 Å². The molecule has 0 aliphatic heterocycles. The van der Waals surface area contributed by atoms with Crippen molar-refractivity contribution in [3.05, 3.63) is 17.2 Å². The zero-order chi connectivity index (χ0) is 16.1. The van der Waals surface area contributed by atoms with E-state index in [1.807, 2.05) is 12.1 Å². The number of thioether (sulfide) groups is 1. The molecule has 1 amide bonds. The summed E-state index contributed by atoms with van der Waals surface area (Å²) in [5, 5.41) is 21.3. The summed E-state index contributed by atoms with van der Waals surface area (Å²) in [5.74, 6) is 0.157. The highest BCUT2D eigenvalue weighted by Crippen LogP contribution is 2.25. The molecule has 1 saturated carbocycles. The summed E-state index contributed by atoms with van der Waals surface area (Å²) in [4.78, 5) is 15.0. The molecule has 4 N–H and O–H groups in total. The molecule has 0 bridgehead atoms. The molecule has 1 heterocycles. The molecule has 0 radical (unpaired) electrons. The van der Waals surface area contributed by atoms with E-state index in [-0.39, 0.29) is 28.6 Å². The number of carbonyl (C=O) groups excluding carboxylic acids is 1. The van der Waals surface area contributed by atoms with Crippen molar-refractivity contribution in [1.82, 2.24) is 5.32 Å². The van der Waals surface area contributed by atoms with Gasteiger partial charge in [-0.05, 0) is 25.8 Å². The number of aromatic nitrogens is 1. The van der Waals surface area contributed by atoms with E-state index in [9.17, 15) is 10.1 Å². The Morgan fingerprint density at radius 2 is 2.05 bits per heavy atom. The van der Waals surface area contributed by atoms with Gasteiger partial charge in [0.1, 0.15) is 23.3 Å². The van der Waals surface area contributed by atoms with Crippen LogP contribution in [0.5, 0.6) is 0 Å². The molecule has 1 aromatic heterocycles. The quantitative estimate of drug-likeness (QED) is 0.813. The number of pyridine rings is 1. The monoisotopic (exact) mass is 316 g/mol. The molecule has 1 aliphatic carbocycles. The highest BCUT2D eigenvalue weighted by Gasteiger charge is 2.24. The summed E-state index contributed by atoms with van der Waals surface area (Å²) < 4.78 is 0. The van der Waals surface area contributed by atoms with Crippen LogP contribution in [0.1, 0.15) is 43.7 Å². The topological polar surface area (TPSA) is 117 Å². The van der Waals surface area contributed by atoms with Gasteiger partial charge in [0.2, 0.25) is 5.91 Å². The average molecular weight is 316 g/mol. The molecule has 22 heavy (non-hydrogen) atoms. The third kappa shape index (κ3) is 3.69. The van der Waals surface area contributed by atoms with Crippen LogP contribution in [0.2, 0.25) is 0 Å². The number of nitrogens with one attached hydrogen (secondary N) is 2. The second kappa shape index (κ2) is 7.15. The molecular formula is C15H18N5OS+. The maximum absolute atomic E-state index is 12.2. The number of nitrogens with zero attached hydrogens (tertiary/aromatic N) is 2. The lowest BCUT2D eigenvalue weighted by Gasteiger charge is -2.15. The van der Waals surface area contributed by atoms with Gasteiger partial charge in [-0.25, -0.2) is 4.98 Å². The first-order valence-corrected chi connectivity index (χ1v) is 8.06. The Balaban J connectivity index is 2.09. The molecule has 1 atom stereocenters. The second-order valence-corrected chi connectivity index (χ2v) is 6.66. The maximum atomic E-state index is 12.2. The smallest absolute Gasteiger partial charge is 0.289 e. The van der Waals surface area contributed by atoms with Gasteiger partial charge in [-0.3, -0.25) is 10.5 Å². The maximum Gasteiger partial charge on any atom is 0.289 e. The summed E-state index contributed by atoms with van der Waals surface area (Å²) in [7, 11) is 0. The van der Waals surface area contributed by atoms with Crippen molar-refractivity contribution in [2.45, 2.75) is 48.9 Å². The molecule has 1 fully saturated rings. The molecule has 114 valence electrons. The number of amides is 1. The van der Waals surface area contributed by atoms with Crippen LogP contribution in [0.3, 0.4) is 0 Å². The predicted octanol–water partition coefficient (Wildman–Crippen LogP) is 1.37. The van der Waals surface area contributed by atoms with Gasteiger partial charge in [0.15, 0.2) is 5.03 Å². The van der Waals surface area contributed by atoms with Crippen LogP contribution in [0.25, 0.3) is 0 Å². The van der Waals surface area contributed by atoms with Crippen LogP contribution in [0, 0.1) is 22.7 Å². The minimum atomic E-state index is -0.351. The van der Waals surface area contributed by atoms with E-state index in [1.165, 1.54) is 17.8 Å². The zero-order valence-corrected chi connectivity index (χ0v) is 13.2. The standard InChI is InChI=1S/C15H17N5OS/c1-9(14(21)19-12-4-2-3-5-12)22-15-11(8-17)6-10(7-16)13(18)20-15/h6,9,12H,2-5H2,1H3,(H2,18,20)(H,19,21)/p+1/t9-/m1/s1. The predicted molar refractivity (Wildman–Crippen MR) is 82.6 cm³/mol. The Morgan fingerprint density at radius 3 is 2.64 bits per heavy atom. The first-order valence-electron chi connectivity index (χ1n) is 7.18. The van der Waals surface area contributed by atoms with Crippen LogP contribution < -0.4 is 16.0 Å². The van der Waals surface area contributed by atoms with Gasteiger partial charge < -0.3 is 5.32 Å². The van der Waals surface area contributed by atoms with E-state index in [1.54, 1.807) is 6.92 Å². The van der Waals surface area contributed by atoms with E-state index >= 15 is 0 Å². The Bertz CT molecular complexity index is 655. The molecule has 0 aromatic carbocycles. The minimum Gasteiger partial charge on any atom is -0.352 e. The Hall–Kier alpha value is -2.25. The number of hydrogen-bond acceptors (Lipinski definition) is 5. The second-order valence-electron chi connectivity index (χ2n) is 5.31. The molecule has 0 spiro atoms. The lowest BCUT2D eigenvalue weighted by atomic mass is 10.2. The highest BCUT2D eigenvalue weighted by molar-refractivity contribution is 8.00. The summed E-state index contributed by atoms with van der Waals surface area (Å²) in [5.41, 5.74) is 6.28. The summed E-state index contributed by atoms with van der Waals surface area (Å²) in [6.45, 7) is 1.79. The highest BCUT2D eigenvalue weighted by atomic mass is 32.2. The van der Waals surface area contributed by atoms with Crippen molar-refractivity contribution < 1.29 is 9.78 Å². The van der Waals surface area contributed by atoms with Gasteiger partial charge in [0.05, 0.1) is 5.25 Å². The van der Waals surface area contributed by atoms with E-state index < -0.39 is 0 Å². The Morgan fingerprint density at radius 1 is 1.41 bits per heavy atom. The van der Waals surface area contributed by atoms with Gasteiger partial charge in [0, 0.05) is 6.04 Å². The van der Waals surface area contributed by atoms with Gasteiger partial charge >= 0.3 is 0 Å². The van der Waals surface area contributed by atoms with E-state index in [4.69, 9.17) is 11.0 Å². The summed E-state index contributed by atoms with van der Waals surface area (Å²) in [6, 6.07) is 5.66. The number of nitriles is 2. The SMILES string of the molecule is C[C@@H](Sc1[nH+]c(N)c(C#N)cc1C#N)C(=O)NC1CCCC1. The van der Waals surface area contributed by atoms with Gasteiger partial charge in [0.25, 0.3) is 5.82 Å². The van der Waals surface area contributed by atoms with Crippen LogP contribution in [-0.4, -0.2) is 17.2 Å². The fraction of sp³-hybridized carbons (Fsp3) is 0.467. The fourth-order valence-electron chi connectivity index (χ4n) is 2.43. The fourth-order valence-corrected chi connectivity index (χ4v) is 3.36. The normalized spacial score (nSPS) is 15.8. The largest absolute Gasteiger partial charge is 0.352 e. The van der Waals surface area contributed by atoms with Crippen molar-refractivity contribution >= 4 is 23.5 Å². The number of H-pyrrole nitrogens is 1. The lowest BCUT2D eigenvalue weighted by molar-refractivity contribution is -0.410. The molecule has 1 aliphatic rings. The van der Waals surface area contributed by atoms with Gasteiger partial charge in [-0.15, -0.1) is 0 Å². The van der Waals surface area contributed by atoms with Gasteiger partial charge in [-0.2, -0.15) is 10.5 Å². The number of nitrogens with two attached hydrogens (primary N) is 1. The molecule has 1 aromatic rings. The first kappa shape index (κ1) is 16.1. The Kier molecular flexibility index (Phi) is 5.24. The van der Waals surface area contributed by atoms with Crippen molar-refractivity contribution in [2.75, 3.05) is 5.73 Å². The molecule has 0 saturated heterocycles. The number of anilines is 1. The van der Waals surface area contributed by atoms with Crippen molar-refractivity contribution in [1.29, 1.82) is 10.5 Å². The lowest BCUT2D eigenvalue weighted by Crippen LogP contribution is -2.38. The average Bonchev–Trinajstić information content (AvgIpc) is 3.00. The van der Waals surface area contributed by atoms with Crippen molar-refractivity contribution in [3.8, 4) is 12.1 Å². The molecular weight excluding hydrogens is 298 g/mol. The van der Waals surface area contributed by atoms with E-state index in [0.29, 0.717) is 10.6 Å². The molecule has 2 rings (SSSR count). The van der Waals surface area contributed by atoms with Crippen LogP contribution in [0.15, 0.2) is 11.1 Å². The molecule has 6 nitrogen and oxygen atoms in total. The zero-order valence-electron chi connectivity index (χ0n) is 12.3. The van der Waals surface area contributed by atoms with Crippen LogP contribution in [0.4, 0.5) is 5.82 Å². The van der Waals surface area contributed by atoms with Crippen molar-refractivity contribution in [2.24, 2.45) is 0 Å². The number of hydrogen-bond donors (Lipinski definition) is 2. The number of carbonyl (C=O) groups is 1. The van der Waals surface area contributed by atoms with Crippen LogP contribution >= 0.6 is 11.8 Å².